The lowest BCUT2D eigenvalue weighted by molar-refractivity contribution is -0.171. The fourth-order valence-corrected chi connectivity index (χ4v) is 10.2. The van der Waals surface area contributed by atoms with Crippen LogP contribution in [0.25, 0.3) is 0 Å². The van der Waals surface area contributed by atoms with Gasteiger partial charge in [-0.3, -0.25) is 4.79 Å². The number of ether oxygens (including phenoxy) is 1. The minimum Gasteiger partial charge on any atom is -0.462 e. The second-order valence-corrected chi connectivity index (χ2v) is 14.9. The number of allylic oxidation sites excluding steroid dienone is 1. The third-order valence-electron chi connectivity index (χ3n) is 12.3. The first-order valence-corrected chi connectivity index (χ1v) is 15.1. The lowest BCUT2D eigenvalue weighted by Crippen LogP contribution is -2.58. The Morgan fingerprint density at radius 1 is 1.03 bits per heavy atom. The molecule has 0 aromatic rings. The lowest BCUT2D eigenvalue weighted by atomic mass is 9.42. The summed E-state index contributed by atoms with van der Waals surface area (Å²) in [6.45, 7) is 20.6. The molecule has 0 radical (unpaired) electrons. The molecule has 0 spiro atoms. The van der Waals surface area contributed by atoms with Crippen molar-refractivity contribution in [3.8, 4) is 0 Å². The van der Waals surface area contributed by atoms with Crippen LogP contribution in [-0.4, -0.2) is 18.2 Å². The first kappa shape index (κ1) is 28.6. The van der Waals surface area contributed by atoms with Crippen LogP contribution in [0.4, 0.5) is 0 Å². The zero-order valence-corrected chi connectivity index (χ0v) is 25.1. The molecule has 0 bridgehead atoms. The molecule has 2 saturated carbocycles. The van der Waals surface area contributed by atoms with E-state index in [9.17, 15) is 9.70 Å². The lowest BCUT2D eigenvalue weighted by Gasteiger charge is -2.63. The number of hydrogen-bond donors (Lipinski definition) is 0. The molecule has 0 aromatic heterocycles. The summed E-state index contributed by atoms with van der Waals surface area (Å²) < 4.78 is 5.84. The summed E-state index contributed by atoms with van der Waals surface area (Å²) in [4.78, 5) is 29.3. The number of esters is 1. The number of nitrogens with zero attached hydrogens (tertiary/aromatic N) is 1. The van der Waals surface area contributed by atoms with Gasteiger partial charge in [-0.1, -0.05) is 80.2 Å². The molecular weight excluding hydrogens is 462 g/mol. The van der Waals surface area contributed by atoms with Crippen LogP contribution >= 0.6 is 0 Å². The Labute approximate surface area is 225 Å². The summed E-state index contributed by atoms with van der Waals surface area (Å²) in [6.07, 6.45) is 10.9. The summed E-state index contributed by atoms with van der Waals surface area (Å²) in [7, 11) is 0. The van der Waals surface area contributed by atoms with Gasteiger partial charge in [0.25, 0.3) is 0 Å². The van der Waals surface area contributed by atoms with Crippen LogP contribution in [0.15, 0.2) is 16.5 Å². The van der Waals surface area contributed by atoms with E-state index in [1.165, 1.54) is 51.0 Å². The van der Waals surface area contributed by atoms with Crippen molar-refractivity contribution in [2.75, 3.05) is 0 Å². The predicted molar refractivity (Wildman–Crippen MR) is 149 cm³/mol. The summed E-state index contributed by atoms with van der Waals surface area (Å²) in [5.74, 6) is 2.24. The van der Waals surface area contributed by atoms with Crippen LogP contribution in [0.1, 0.15) is 127 Å². The number of carbonyl (C=O) groups is 1. The van der Waals surface area contributed by atoms with E-state index in [0.717, 1.165) is 31.6 Å². The maximum Gasteiger partial charge on any atom is 0.302 e. The van der Waals surface area contributed by atoms with Crippen molar-refractivity contribution in [3.63, 3.8) is 0 Å². The van der Waals surface area contributed by atoms with Gasteiger partial charge in [-0.15, -0.1) is 4.91 Å². The molecule has 210 valence electrons. The number of rotatable bonds is 8. The van der Waals surface area contributed by atoms with Gasteiger partial charge in [0.05, 0.1) is 0 Å². The van der Waals surface area contributed by atoms with Crippen molar-refractivity contribution in [1.29, 1.82) is 0 Å². The Morgan fingerprint density at radius 2 is 1.73 bits per heavy atom. The van der Waals surface area contributed by atoms with E-state index in [1.54, 1.807) is 5.57 Å². The molecule has 4 aliphatic rings. The Morgan fingerprint density at radius 3 is 2.35 bits per heavy atom. The molecule has 4 aliphatic carbocycles. The van der Waals surface area contributed by atoms with Crippen molar-refractivity contribution in [1.82, 2.24) is 0 Å². The smallest absolute Gasteiger partial charge is 0.302 e. The van der Waals surface area contributed by atoms with E-state index in [1.807, 2.05) is 0 Å². The van der Waals surface area contributed by atoms with Gasteiger partial charge >= 0.3 is 5.97 Å². The van der Waals surface area contributed by atoms with Crippen LogP contribution in [0.3, 0.4) is 0 Å². The molecular formula is C32H53NO4. The number of fused-ring (bicyclic) bond motifs is 4. The third kappa shape index (κ3) is 4.48. The average Bonchev–Trinajstić information content (AvgIpc) is 3.08. The van der Waals surface area contributed by atoms with Crippen LogP contribution < -0.4 is 0 Å². The fraction of sp³-hybridized carbons (Fsp3) is 0.906. The standard InChI is InChI=1S/C32H53NO4/c1-20(2)11-10-12-21(3)23-13-18-32(9)28-24(14-17-31(23,32)8)30(7)16-15-27(36-22(4)34)29(5,6)26(30)19-25(28)37-33-35/h20-21,23,25-27H,10-19H2,1-9H3/t21-,23-,25?,26+,27?,30-,31-,32+/m1/s1. The number of hydrogen-bond acceptors (Lipinski definition) is 5. The van der Waals surface area contributed by atoms with Gasteiger partial charge < -0.3 is 9.57 Å². The van der Waals surface area contributed by atoms with Gasteiger partial charge in [0.1, 0.15) is 6.10 Å². The first-order valence-electron chi connectivity index (χ1n) is 15.1. The van der Waals surface area contributed by atoms with E-state index >= 15 is 0 Å². The minimum absolute atomic E-state index is 0.0256. The Kier molecular flexibility index (Phi) is 7.71. The second-order valence-electron chi connectivity index (χ2n) is 14.9. The zero-order chi connectivity index (χ0) is 27.4. The second kappa shape index (κ2) is 9.97. The van der Waals surface area contributed by atoms with E-state index < -0.39 is 0 Å². The molecule has 5 nitrogen and oxygen atoms in total. The molecule has 5 heteroatoms. The Bertz CT molecular complexity index is 924. The van der Waals surface area contributed by atoms with Crippen molar-refractivity contribution in [3.05, 3.63) is 16.1 Å². The topological polar surface area (TPSA) is 65.0 Å². The highest BCUT2D eigenvalue weighted by Gasteiger charge is 2.66. The zero-order valence-electron chi connectivity index (χ0n) is 25.1. The van der Waals surface area contributed by atoms with E-state index in [2.05, 4.69) is 60.7 Å². The highest BCUT2D eigenvalue weighted by atomic mass is 16.7. The highest BCUT2D eigenvalue weighted by Crippen LogP contribution is 2.73. The molecule has 0 aromatic carbocycles. The van der Waals surface area contributed by atoms with Crippen molar-refractivity contribution >= 4 is 5.97 Å². The predicted octanol–water partition coefficient (Wildman–Crippen LogP) is 8.81. The van der Waals surface area contributed by atoms with Crippen LogP contribution in [0.2, 0.25) is 0 Å². The molecule has 2 fully saturated rings. The van der Waals surface area contributed by atoms with Crippen LogP contribution in [0, 0.1) is 50.2 Å². The fourth-order valence-electron chi connectivity index (χ4n) is 10.2. The number of carbonyl (C=O) groups excluding carboxylic acids is 1. The molecule has 2 unspecified atom stereocenters. The normalized spacial score (nSPS) is 41.5. The first-order chi connectivity index (χ1) is 17.2. The quantitative estimate of drug-likeness (QED) is 0.140. The van der Waals surface area contributed by atoms with Crippen LogP contribution in [0.5, 0.6) is 0 Å². The molecule has 37 heavy (non-hydrogen) atoms. The SMILES string of the molecule is CC(=O)OC1CC[C@]2(C)C3=C(C(ON=O)C[C@H]2C1(C)C)[C@]1(C)CC[C@H]([C@H](C)CCCC(C)C)[C@@]1(C)CC3. The molecule has 0 heterocycles. The Hall–Kier alpha value is -1.39. The summed E-state index contributed by atoms with van der Waals surface area (Å²) >= 11 is 0. The highest BCUT2D eigenvalue weighted by molar-refractivity contribution is 5.66. The molecule has 4 rings (SSSR count). The average molecular weight is 516 g/mol. The molecule has 0 N–H and O–H groups in total. The van der Waals surface area contributed by atoms with E-state index in [0.29, 0.717) is 11.8 Å². The monoisotopic (exact) mass is 515 g/mol. The van der Waals surface area contributed by atoms with Crippen molar-refractivity contribution in [2.24, 2.45) is 50.7 Å². The van der Waals surface area contributed by atoms with Gasteiger partial charge in [0.2, 0.25) is 0 Å². The van der Waals surface area contributed by atoms with Gasteiger partial charge in [-0.2, -0.15) is 0 Å². The maximum absolute atomic E-state index is 11.9. The largest absolute Gasteiger partial charge is 0.462 e. The minimum atomic E-state index is -0.277. The maximum atomic E-state index is 11.9. The summed E-state index contributed by atoms with van der Waals surface area (Å²) in [6, 6.07) is 0. The molecule has 0 aliphatic heterocycles. The van der Waals surface area contributed by atoms with Crippen molar-refractivity contribution < 1.29 is 14.4 Å². The van der Waals surface area contributed by atoms with Gasteiger partial charge in [-0.25, -0.2) is 0 Å². The molecule has 8 atom stereocenters. The molecule has 0 amide bonds. The van der Waals surface area contributed by atoms with Crippen molar-refractivity contribution in [2.45, 2.75) is 139 Å². The summed E-state index contributed by atoms with van der Waals surface area (Å²) in [5.41, 5.74) is 3.02. The van der Waals surface area contributed by atoms with Gasteiger partial charge in [0.15, 0.2) is 11.4 Å². The van der Waals surface area contributed by atoms with Gasteiger partial charge in [0, 0.05) is 12.3 Å². The third-order valence-corrected chi connectivity index (χ3v) is 12.3. The molecule has 0 saturated heterocycles. The Balaban J connectivity index is 1.72. The summed E-state index contributed by atoms with van der Waals surface area (Å²) in [5, 5.41) is 3.04. The van der Waals surface area contributed by atoms with Crippen LogP contribution in [-0.2, 0) is 14.4 Å². The van der Waals surface area contributed by atoms with E-state index in [4.69, 9.17) is 9.57 Å². The van der Waals surface area contributed by atoms with E-state index in [-0.39, 0.29) is 45.8 Å². The van der Waals surface area contributed by atoms with Gasteiger partial charge in [-0.05, 0) is 90.4 Å².